The predicted octanol–water partition coefficient (Wildman–Crippen LogP) is 2.48. The lowest BCUT2D eigenvalue weighted by Crippen LogP contribution is -2.18. The summed E-state index contributed by atoms with van der Waals surface area (Å²) in [6, 6.07) is 9.57. The molecule has 1 unspecified atom stereocenters. The third-order valence-corrected chi connectivity index (χ3v) is 5.30. The molecule has 0 spiro atoms. The molecule has 0 aliphatic carbocycles. The van der Waals surface area contributed by atoms with Gasteiger partial charge in [0.15, 0.2) is 0 Å². The van der Waals surface area contributed by atoms with E-state index in [-0.39, 0.29) is 16.8 Å². The van der Waals surface area contributed by atoms with Crippen molar-refractivity contribution in [1.82, 2.24) is 4.98 Å². The van der Waals surface area contributed by atoms with Gasteiger partial charge in [0.25, 0.3) is 10.0 Å². The lowest BCUT2D eigenvalue weighted by Gasteiger charge is -2.12. The maximum atomic E-state index is 12.4. The fraction of sp³-hybridized carbons (Fsp3) is 0.353. The highest BCUT2D eigenvalue weighted by Crippen LogP contribution is 2.19. The summed E-state index contributed by atoms with van der Waals surface area (Å²) in [4.78, 5) is 4.30. The number of rotatable bonds is 7. The number of aromatic nitrogens is 1. The molecule has 1 atom stereocenters. The van der Waals surface area contributed by atoms with E-state index in [4.69, 9.17) is 9.47 Å². The molecule has 3 rings (SSSR count). The van der Waals surface area contributed by atoms with Gasteiger partial charge >= 0.3 is 0 Å². The minimum atomic E-state index is -3.68. The highest BCUT2D eigenvalue weighted by atomic mass is 32.2. The number of sulfonamides is 1. The molecule has 0 saturated carbocycles. The van der Waals surface area contributed by atoms with Crippen LogP contribution in [0.5, 0.6) is 5.75 Å². The second-order valence-corrected chi connectivity index (χ2v) is 7.41. The molecule has 7 nitrogen and oxygen atoms in total. The van der Waals surface area contributed by atoms with Gasteiger partial charge in [-0.05, 0) is 49.2 Å². The van der Waals surface area contributed by atoms with Crippen molar-refractivity contribution in [3.63, 3.8) is 0 Å². The smallest absolute Gasteiger partial charge is 0.263 e. The Kier molecular flexibility index (Phi) is 5.40. The zero-order valence-corrected chi connectivity index (χ0v) is 14.8. The van der Waals surface area contributed by atoms with Crippen LogP contribution in [-0.2, 0) is 14.8 Å². The monoisotopic (exact) mass is 363 g/mol. The van der Waals surface area contributed by atoms with E-state index in [0.717, 1.165) is 31.7 Å². The maximum absolute atomic E-state index is 12.4. The molecule has 134 valence electrons. The number of anilines is 2. The third kappa shape index (κ3) is 4.61. The number of nitrogens with zero attached hydrogens (tertiary/aromatic N) is 1. The largest absolute Gasteiger partial charge is 0.497 e. The van der Waals surface area contributed by atoms with E-state index in [1.807, 2.05) is 0 Å². The summed E-state index contributed by atoms with van der Waals surface area (Å²) >= 11 is 0. The highest BCUT2D eigenvalue weighted by Gasteiger charge is 2.16. The van der Waals surface area contributed by atoms with E-state index in [2.05, 4.69) is 15.0 Å². The predicted molar refractivity (Wildman–Crippen MR) is 95.5 cm³/mol. The summed E-state index contributed by atoms with van der Waals surface area (Å²) < 4.78 is 37.8. The first kappa shape index (κ1) is 17.5. The summed E-state index contributed by atoms with van der Waals surface area (Å²) in [6.45, 7) is 1.54. The summed E-state index contributed by atoms with van der Waals surface area (Å²) in [6.07, 6.45) is 3.98. The van der Waals surface area contributed by atoms with Gasteiger partial charge in [-0.1, -0.05) is 0 Å². The van der Waals surface area contributed by atoms with Gasteiger partial charge in [0.1, 0.15) is 11.6 Å². The van der Waals surface area contributed by atoms with Crippen molar-refractivity contribution in [1.29, 1.82) is 0 Å². The van der Waals surface area contributed by atoms with E-state index in [1.165, 1.54) is 19.2 Å². The van der Waals surface area contributed by atoms with Gasteiger partial charge in [-0.25, -0.2) is 13.4 Å². The van der Waals surface area contributed by atoms with Gasteiger partial charge in [0.05, 0.1) is 30.0 Å². The van der Waals surface area contributed by atoms with Gasteiger partial charge in [0, 0.05) is 13.2 Å². The molecule has 1 fully saturated rings. The Morgan fingerprint density at radius 1 is 1.24 bits per heavy atom. The van der Waals surface area contributed by atoms with Crippen LogP contribution in [0.4, 0.5) is 11.5 Å². The molecular formula is C17H21N3O4S. The fourth-order valence-corrected chi connectivity index (χ4v) is 3.56. The highest BCUT2D eigenvalue weighted by molar-refractivity contribution is 7.92. The Hall–Kier alpha value is -2.32. The van der Waals surface area contributed by atoms with Crippen molar-refractivity contribution < 1.29 is 17.9 Å². The van der Waals surface area contributed by atoms with E-state index in [9.17, 15) is 8.42 Å². The molecule has 1 aliphatic rings. The zero-order valence-electron chi connectivity index (χ0n) is 13.9. The van der Waals surface area contributed by atoms with Crippen LogP contribution in [0.25, 0.3) is 0 Å². The average Bonchev–Trinajstić information content (AvgIpc) is 3.14. The first-order valence-electron chi connectivity index (χ1n) is 8.05. The normalized spacial score (nSPS) is 17.2. The van der Waals surface area contributed by atoms with E-state index in [1.54, 1.807) is 30.5 Å². The van der Waals surface area contributed by atoms with Crippen molar-refractivity contribution in [3.8, 4) is 5.75 Å². The summed E-state index contributed by atoms with van der Waals surface area (Å²) in [5.41, 5.74) is 0.822. The van der Waals surface area contributed by atoms with Crippen LogP contribution >= 0.6 is 0 Å². The maximum Gasteiger partial charge on any atom is 0.263 e. The van der Waals surface area contributed by atoms with Crippen molar-refractivity contribution in [2.24, 2.45) is 0 Å². The fourth-order valence-electron chi connectivity index (χ4n) is 2.55. The van der Waals surface area contributed by atoms with Crippen molar-refractivity contribution in [2.45, 2.75) is 23.8 Å². The molecule has 25 heavy (non-hydrogen) atoms. The molecule has 1 saturated heterocycles. The quantitative estimate of drug-likeness (QED) is 0.786. The average molecular weight is 363 g/mol. The minimum absolute atomic E-state index is 0.149. The molecule has 0 bridgehead atoms. The molecule has 1 aromatic carbocycles. The molecular weight excluding hydrogens is 342 g/mol. The molecule has 0 amide bonds. The molecule has 2 heterocycles. The number of ether oxygens (including phenoxy) is 2. The van der Waals surface area contributed by atoms with E-state index < -0.39 is 10.0 Å². The number of hydrogen-bond donors (Lipinski definition) is 2. The van der Waals surface area contributed by atoms with Gasteiger partial charge in [-0.3, -0.25) is 4.72 Å². The SMILES string of the molecule is COc1ccc(S(=O)(=O)Nc2ccc(NCC3CCCO3)cn2)cc1. The topological polar surface area (TPSA) is 89.6 Å². The second kappa shape index (κ2) is 7.71. The second-order valence-electron chi connectivity index (χ2n) is 5.73. The standard InChI is InChI=1S/C17H21N3O4S/c1-23-14-5-7-16(8-6-14)25(21,22)20-17-9-4-13(11-19-17)18-12-15-3-2-10-24-15/h4-9,11,15,18H,2-3,10,12H2,1H3,(H,19,20). The van der Waals surface area contributed by atoms with Crippen LogP contribution in [0.2, 0.25) is 0 Å². The molecule has 1 aliphatic heterocycles. The first-order chi connectivity index (χ1) is 12.1. The Labute approximate surface area is 147 Å². The Morgan fingerprint density at radius 2 is 2.04 bits per heavy atom. The molecule has 2 aromatic rings. The first-order valence-corrected chi connectivity index (χ1v) is 9.53. The van der Waals surface area contributed by atoms with E-state index in [0.29, 0.717) is 5.75 Å². The van der Waals surface area contributed by atoms with Gasteiger partial charge in [0.2, 0.25) is 0 Å². The van der Waals surface area contributed by atoms with Gasteiger partial charge < -0.3 is 14.8 Å². The lowest BCUT2D eigenvalue weighted by atomic mass is 10.2. The molecule has 8 heteroatoms. The Bertz CT molecular complexity index is 786. The molecule has 2 N–H and O–H groups in total. The minimum Gasteiger partial charge on any atom is -0.497 e. The summed E-state index contributed by atoms with van der Waals surface area (Å²) in [7, 11) is -2.16. The summed E-state index contributed by atoms with van der Waals surface area (Å²) in [5, 5.41) is 3.24. The Balaban J connectivity index is 1.61. The van der Waals surface area contributed by atoms with Crippen LogP contribution in [0.15, 0.2) is 47.5 Å². The van der Waals surface area contributed by atoms with Crippen LogP contribution in [-0.4, -0.2) is 39.8 Å². The molecule has 0 radical (unpaired) electrons. The number of benzene rings is 1. The summed E-state index contributed by atoms with van der Waals surface area (Å²) in [5.74, 6) is 0.859. The Morgan fingerprint density at radius 3 is 2.64 bits per heavy atom. The van der Waals surface area contributed by atoms with Crippen molar-refractivity contribution in [2.75, 3.05) is 30.3 Å². The van der Waals surface area contributed by atoms with Crippen LogP contribution in [0, 0.1) is 0 Å². The molecule has 1 aromatic heterocycles. The van der Waals surface area contributed by atoms with Crippen molar-refractivity contribution in [3.05, 3.63) is 42.6 Å². The number of methoxy groups -OCH3 is 1. The zero-order chi connectivity index (χ0) is 17.7. The third-order valence-electron chi connectivity index (χ3n) is 3.93. The van der Waals surface area contributed by atoms with E-state index >= 15 is 0 Å². The van der Waals surface area contributed by atoms with Crippen LogP contribution in [0.1, 0.15) is 12.8 Å². The van der Waals surface area contributed by atoms with Gasteiger partial charge in [-0.15, -0.1) is 0 Å². The van der Waals surface area contributed by atoms with Crippen LogP contribution < -0.4 is 14.8 Å². The number of nitrogens with one attached hydrogen (secondary N) is 2. The number of pyridine rings is 1. The lowest BCUT2D eigenvalue weighted by molar-refractivity contribution is 0.120. The van der Waals surface area contributed by atoms with Gasteiger partial charge in [-0.2, -0.15) is 0 Å². The number of hydrogen-bond acceptors (Lipinski definition) is 6. The van der Waals surface area contributed by atoms with Crippen molar-refractivity contribution >= 4 is 21.5 Å². The van der Waals surface area contributed by atoms with Crippen LogP contribution in [0.3, 0.4) is 0 Å².